The van der Waals surface area contributed by atoms with E-state index < -0.39 is 0 Å². The maximum Gasteiger partial charge on any atom is 0.233 e. The van der Waals surface area contributed by atoms with Gasteiger partial charge in [-0.25, -0.2) is 0 Å². The number of amides is 2. The Bertz CT molecular complexity index is 503. The Kier molecular flexibility index (Phi) is 3.12. The molecule has 0 bridgehead atoms. The molecule has 0 spiro atoms. The number of aryl methyl sites for hydroxylation is 1. The van der Waals surface area contributed by atoms with Gasteiger partial charge in [-0.2, -0.15) is 5.10 Å². The van der Waals surface area contributed by atoms with E-state index in [0.717, 1.165) is 31.2 Å². The number of carbonyl (C=O) groups excluding carboxylic acids is 2. The van der Waals surface area contributed by atoms with Gasteiger partial charge in [-0.05, 0) is 24.8 Å². The van der Waals surface area contributed by atoms with E-state index >= 15 is 0 Å². The SMILES string of the molecule is Cn1cc(CC2CC(=O)N(C3CCCC3)C2=O)cn1. The van der Waals surface area contributed by atoms with E-state index in [9.17, 15) is 9.59 Å². The first-order chi connectivity index (χ1) is 9.15. The maximum absolute atomic E-state index is 12.4. The van der Waals surface area contributed by atoms with Crippen LogP contribution in [0, 0.1) is 5.92 Å². The normalized spacial score (nSPS) is 24.7. The van der Waals surface area contributed by atoms with Gasteiger partial charge in [0.15, 0.2) is 0 Å². The molecule has 1 saturated carbocycles. The molecule has 2 aliphatic rings. The molecule has 1 aliphatic carbocycles. The van der Waals surface area contributed by atoms with E-state index in [1.165, 1.54) is 0 Å². The molecule has 3 rings (SSSR count). The van der Waals surface area contributed by atoms with Crippen molar-refractivity contribution in [3.05, 3.63) is 18.0 Å². The average molecular weight is 261 g/mol. The molecule has 19 heavy (non-hydrogen) atoms. The van der Waals surface area contributed by atoms with Crippen LogP contribution >= 0.6 is 0 Å². The highest BCUT2D eigenvalue weighted by Gasteiger charge is 2.42. The van der Waals surface area contributed by atoms with Crippen LogP contribution in [0.3, 0.4) is 0 Å². The van der Waals surface area contributed by atoms with Crippen molar-refractivity contribution in [2.75, 3.05) is 0 Å². The van der Waals surface area contributed by atoms with Gasteiger partial charge in [-0.1, -0.05) is 12.8 Å². The minimum absolute atomic E-state index is 0.0193. The van der Waals surface area contributed by atoms with E-state index in [-0.39, 0.29) is 23.8 Å². The standard InChI is InChI=1S/C14H19N3O2/c1-16-9-10(8-15-16)6-11-7-13(18)17(14(11)19)12-4-2-3-5-12/h8-9,11-12H,2-7H2,1H3. The molecule has 2 heterocycles. The highest BCUT2D eigenvalue weighted by atomic mass is 16.2. The smallest absolute Gasteiger partial charge is 0.233 e. The Morgan fingerprint density at radius 3 is 2.68 bits per heavy atom. The molecule has 2 amide bonds. The summed E-state index contributed by atoms with van der Waals surface area (Å²) in [5.41, 5.74) is 1.03. The maximum atomic E-state index is 12.4. The molecule has 0 radical (unpaired) electrons. The minimum Gasteiger partial charge on any atom is -0.279 e. The molecule has 1 atom stereocenters. The van der Waals surface area contributed by atoms with Gasteiger partial charge >= 0.3 is 0 Å². The molecule has 0 aromatic carbocycles. The van der Waals surface area contributed by atoms with Crippen LogP contribution in [0.2, 0.25) is 0 Å². The molecule has 102 valence electrons. The summed E-state index contributed by atoms with van der Waals surface area (Å²) < 4.78 is 1.73. The highest BCUT2D eigenvalue weighted by molar-refractivity contribution is 6.04. The van der Waals surface area contributed by atoms with Gasteiger partial charge in [0.1, 0.15) is 0 Å². The lowest BCUT2D eigenvalue weighted by Gasteiger charge is -2.22. The summed E-state index contributed by atoms with van der Waals surface area (Å²) in [5, 5.41) is 4.11. The Morgan fingerprint density at radius 2 is 2.05 bits per heavy atom. The van der Waals surface area contributed by atoms with Crippen LogP contribution in [0.25, 0.3) is 0 Å². The van der Waals surface area contributed by atoms with Crippen molar-refractivity contribution in [3.8, 4) is 0 Å². The summed E-state index contributed by atoms with van der Waals surface area (Å²) >= 11 is 0. The molecular formula is C14H19N3O2. The lowest BCUT2D eigenvalue weighted by atomic mass is 10.0. The topological polar surface area (TPSA) is 55.2 Å². The molecule has 5 nitrogen and oxygen atoms in total. The fourth-order valence-corrected chi connectivity index (χ4v) is 3.28. The van der Waals surface area contributed by atoms with Gasteiger partial charge in [0.05, 0.1) is 12.1 Å². The summed E-state index contributed by atoms with van der Waals surface area (Å²) in [6, 6.07) is 0.166. The summed E-state index contributed by atoms with van der Waals surface area (Å²) in [6.07, 6.45) is 8.91. The molecule has 1 aromatic rings. The van der Waals surface area contributed by atoms with Crippen molar-refractivity contribution < 1.29 is 9.59 Å². The van der Waals surface area contributed by atoms with Gasteiger partial charge in [0.2, 0.25) is 11.8 Å². The quantitative estimate of drug-likeness (QED) is 0.770. The van der Waals surface area contributed by atoms with Crippen LogP contribution in [0.5, 0.6) is 0 Å². The molecule has 1 unspecified atom stereocenters. The van der Waals surface area contributed by atoms with Crippen molar-refractivity contribution in [2.24, 2.45) is 13.0 Å². The monoisotopic (exact) mass is 261 g/mol. The van der Waals surface area contributed by atoms with Crippen LogP contribution in [-0.4, -0.2) is 32.5 Å². The van der Waals surface area contributed by atoms with Crippen molar-refractivity contribution >= 4 is 11.8 Å². The number of imide groups is 1. The highest BCUT2D eigenvalue weighted by Crippen LogP contribution is 2.31. The number of rotatable bonds is 3. The lowest BCUT2D eigenvalue weighted by Crippen LogP contribution is -2.38. The number of carbonyl (C=O) groups is 2. The number of nitrogens with zero attached hydrogens (tertiary/aromatic N) is 3. The van der Waals surface area contributed by atoms with Crippen molar-refractivity contribution in [2.45, 2.75) is 44.6 Å². The van der Waals surface area contributed by atoms with Gasteiger partial charge in [0.25, 0.3) is 0 Å². The van der Waals surface area contributed by atoms with E-state index in [2.05, 4.69) is 5.10 Å². The van der Waals surface area contributed by atoms with Gasteiger partial charge in [-0.15, -0.1) is 0 Å². The third kappa shape index (κ3) is 2.29. The third-order valence-corrected chi connectivity index (χ3v) is 4.21. The molecule has 0 N–H and O–H groups in total. The molecule has 5 heteroatoms. The second-order valence-corrected chi connectivity index (χ2v) is 5.67. The Morgan fingerprint density at radius 1 is 1.32 bits per heavy atom. The third-order valence-electron chi connectivity index (χ3n) is 4.21. The first-order valence-corrected chi connectivity index (χ1v) is 6.98. The largest absolute Gasteiger partial charge is 0.279 e. The zero-order valence-electron chi connectivity index (χ0n) is 11.2. The van der Waals surface area contributed by atoms with E-state index in [4.69, 9.17) is 0 Å². The zero-order chi connectivity index (χ0) is 13.4. The van der Waals surface area contributed by atoms with E-state index in [0.29, 0.717) is 12.8 Å². The summed E-state index contributed by atoms with van der Waals surface area (Å²) in [4.78, 5) is 26.0. The predicted molar refractivity (Wildman–Crippen MR) is 69.1 cm³/mol. The summed E-state index contributed by atoms with van der Waals surface area (Å²) in [5.74, 6) is -0.135. The van der Waals surface area contributed by atoms with Crippen LogP contribution in [0.1, 0.15) is 37.7 Å². The Labute approximate surface area is 112 Å². The first-order valence-electron chi connectivity index (χ1n) is 6.98. The number of likely N-dealkylation sites (tertiary alicyclic amines) is 1. The molecule has 1 saturated heterocycles. The number of aromatic nitrogens is 2. The Balaban J connectivity index is 1.71. The molecular weight excluding hydrogens is 242 g/mol. The second-order valence-electron chi connectivity index (χ2n) is 5.67. The van der Waals surface area contributed by atoms with Crippen LogP contribution in [-0.2, 0) is 23.1 Å². The second kappa shape index (κ2) is 4.79. The van der Waals surface area contributed by atoms with Gasteiger partial charge < -0.3 is 0 Å². The van der Waals surface area contributed by atoms with Gasteiger partial charge in [0, 0.05) is 25.7 Å². The lowest BCUT2D eigenvalue weighted by molar-refractivity contribution is -0.141. The van der Waals surface area contributed by atoms with E-state index in [1.807, 2.05) is 13.2 Å². The Hall–Kier alpha value is -1.65. The van der Waals surface area contributed by atoms with Crippen LogP contribution in [0.4, 0.5) is 0 Å². The fraction of sp³-hybridized carbons (Fsp3) is 0.643. The number of hydrogen-bond donors (Lipinski definition) is 0. The van der Waals surface area contributed by atoms with E-state index in [1.54, 1.807) is 15.8 Å². The zero-order valence-corrected chi connectivity index (χ0v) is 11.2. The van der Waals surface area contributed by atoms with Crippen molar-refractivity contribution in [1.82, 2.24) is 14.7 Å². The first kappa shape index (κ1) is 12.4. The minimum atomic E-state index is -0.183. The summed E-state index contributed by atoms with van der Waals surface area (Å²) in [7, 11) is 1.86. The van der Waals surface area contributed by atoms with Crippen molar-refractivity contribution in [1.29, 1.82) is 0 Å². The average Bonchev–Trinajstić information content (AvgIpc) is 3.04. The van der Waals surface area contributed by atoms with Crippen LogP contribution in [0.15, 0.2) is 12.4 Å². The number of hydrogen-bond acceptors (Lipinski definition) is 3. The van der Waals surface area contributed by atoms with Gasteiger partial charge in [-0.3, -0.25) is 19.2 Å². The van der Waals surface area contributed by atoms with Crippen LogP contribution < -0.4 is 0 Å². The molecule has 1 aromatic heterocycles. The molecule has 1 aliphatic heterocycles. The molecule has 2 fully saturated rings. The van der Waals surface area contributed by atoms with Crippen molar-refractivity contribution in [3.63, 3.8) is 0 Å². The predicted octanol–water partition coefficient (Wildman–Crippen LogP) is 1.28. The summed E-state index contributed by atoms with van der Waals surface area (Å²) in [6.45, 7) is 0. The fourth-order valence-electron chi connectivity index (χ4n) is 3.28.